The smallest absolute Gasteiger partial charge is 0.357 e. The van der Waals surface area contributed by atoms with Crippen LogP contribution in [0.15, 0.2) is 64.4 Å². The molecule has 3 aromatic rings. The maximum Gasteiger partial charge on any atom is 0.357 e. The molecule has 0 saturated carbocycles. The van der Waals surface area contributed by atoms with Crippen molar-refractivity contribution < 1.29 is 28.3 Å². The van der Waals surface area contributed by atoms with Gasteiger partial charge in [0.15, 0.2) is 11.5 Å². The summed E-state index contributed by atoms with van der Waals surface area (Å²) in [5.41, 5.74) is 0.895. The minimum Gasteiger partial charge on any atom is -0.465 e. The Balaban J connectivity index is 1.66. The first-order valence-electron chi connectivity index (χ1n) is 10.7. The highest BCUT2D eigenvalue weighted by Crippen LogP contribution is 2.22. The topological polar surface area (TPSA) is 150 Å². The van der Waals surface area contributed by atoms with Gasteiger partial charge in [-0.3, -0.25) is 0 Å². The average Bonchev–Trinajstić information content (AvgIpc) is 3.53. The van der Waals surface area contributed by atoms with Crippen molar-refractivity contribution in [3.8, 4) is 11.4 Å². The van der Waals surface area contributed by atoms with Gasteiger partial charge >= 0.3 is 18.0 Å². The number of nitrogens with zero attached hydrogens (tertiary/aromatic N) is 4. The van der Waals surface area contributed by atoms with Crippen LogP contribution >= 0.6 is 0 Å². The molecule has 2 aromatic heterocycles. The molecule has 2 amide bonds. The van der Waals surface area contributed by atoms with Crippen LogP contribution in [0.1, 0.15) is 19.6 Å². The Morgan fingerprint density at radius 2 is 1.97 bits per heavy atom. The van der Waals surface area contributed by atoms with Crippen molar-refractivity contribution in [3.05, 3.63) is 65.8 Å². The highest BCUT2D eigenvalue weighted by Gasteiger charge is 2.31. The molecule has 0 radical (unpaired) electrons. The third-order valence-corrected chi connectivity index (χ3v) is 4.97. The Hall–Kier alpha value is -4.74. The number of amides is 2. The van der Waals surface area contributed by atoms with Gasteiger partial charge in [-0.05, 0) is 36.4 Å². The summed E-state index contributed by atoms with van der Waals surface area (Å²) in [6.07, 6.45) is 2.88. The highest BCUT2D eigenvalue weighted by molar-refractivity contribution is 6.15. The Morgan fingerprint density at radius 1 is 1.17 bits per heavy atom. The van der Waals surface area contributed by atoms with Crippen molar-refractivity contribution in [2.45, 2.75) is 19.9 Å². The van der Waals surface area contributed by atoms with Crippen LogP contribution in [-0.4, -0.2) is 57.4 Å². The summed E-state index contributed by atoms with van der Waals surface area (Å²) in [7, 11) is 0. The van der Waals surface area contributed by atoms with E-state index in [2.05, 4.69) is 26.2 Å². The van der Waals surface area contributed by atoms with E-state index in [9.17, 15) is 14.4 Å². The number of tetrazole rings is 1. The molecule has 3 heterocycles. The van der Waals surface area contributed by atoms with Crippen molar-refractivity contribution in [1.29, 1.82) is 0 Å². The lowest BCUT2D eigenvalue weighted by Gasteiger charge is -2.26. The molecule has 0 aliphatic carbocycles. The van der Waals surface area contributed by atoms with Gasteiger partial charge in [0, 0.05) is 11.6 Å². The van der Waals surface area contributed by atoms with E-state index in [-0.39, 0.29) is 23.6 Å². The van der Waals surface area contributed by atoms with E-state index in [1.54, 1.807) is 38.1 Å². The van der Waals surface area contributed by atoms with Gasteiger partial charge in [-0.15, -0.1) is 5.10 Å². The summed E-state index contributed by atoms with van der Waals surface area (Å²) in [5.74, 6) is -0.781. The fourth-order valence-corrected chi connectivity index (χ4v) is 3.44. The number of urea groups is 1. The molecule has 1 aliphatic heterocycles. The van der Waals surface area contributed by atoms with Crippen LogP contribution in [0.25, 0.3) is 23.2 Å². The molecule has 35 heavy (non-hydrogen) atoms. The van der Waals surface area contributed by atoms with E-state index >= 15 is 0 Å². The first-order valence-corrected chi connectivity index (χ1v) is 10.7. The lowest BCUT2D eigenvalue weighted by molar-refractivity contribution is -0.140. The number of carbonyl (C=O) groups excluding carboxylic acids is 3. The summed E-state index contributed by atoms with van der Waals surface area (Å²) < 4.78 is 17.2. The summed E-state index contributed by atoms with van der Waals surface area (Å²) in [6.45, 7) is 3.04. The van der Waals surface area contributed by atoms with Crippen LogP contribution in [0.4, 0.5) is 4.79 Å². The number of hydrogen-bond donors (Lipinski definition) is 2. The number of nitrogens with one attached hydrogen (secondary N) is 2. The standard InChI is InChI=1S/C23H22N6O6/c1-3-33-22(31)19-14(2)24-23(32)25-17(19)13-35-21(30)18(12-16-10-7-11-34-16)29-20(26-27-28-29)15-8-5-4-6-9-15/h4-12,14H,3,13H2,1-2H3,(H2,24,25,32)/b18-12-/t14-/m0/s1. The normalized spacial score (nSPS) is 15.9. The van der Waals surface area contributed by atoms with Gasteiger partial charge in [0.1, 0.15) is 12.4 Å². The number of aromatic nitrogens is 4. The largest absolute Gasteiger partial charge is 0.465 e. The zero-order valence-corrected chi connectivity index (χ0v) is 18.9. The number of benzene rings is 1. The second-order valence-electron chi connectivity index (χ2n) is 7.33. The van der Waals surface area contributed by atoms with E-state index < -0.39 is 30.6 Å². The molecule has 180 valence electrons. The predicted molar refractivity (Wildman–Crippen MR) is 122 cm³/mol. The molecule has 0 spiro atoms. The Morgan fingerprint density at radius 3 is 2.69 bits per heavy atom. The van der Waals surface area contributed by atoms with Gasteiger partial charge < -0.3 is 24.5 Å². The SMILES string of the molecule is CCOC(=O)C1=C(COC(=O)/C(=C/c2ccco2)n2nnnc2-c2ccccc2)NC(=O)N[C@H]1C. The number of ether oxygens (including phenoxy) is 2. The van der Waals surface area contributed by atoms with Gasteiger partial charge in [-0.25, -0.2) is 14.4 Å². The average molecular weight is 478 g/mol. The predicted octanol–water partition coefficient (Wildman–Crippen LogP) is 1.99. The van der Waals surface area contributed by atoms with E-state index in [1.807, 2.05) is 18.2 Å². The first kappa shape index (κ1) is 23.4. The minimum absolute atomic E-state index is 0.0459. The molecule has 1 atom stereocenters. The fourth-order valence-electron chi connectivity index (χ4n) is 3.44. The van der Waals surface area contributed by atoms with Gasteiger partial charge in [0.25, 0.3) is 0 Å². The van der Waals surface area contributed by atoms with Crippen molar-refractivity contribution in [3.63, 3.8) is 0 Å². The van der Waals surface area contributed by atoms with Gasteiger partial charge in [0.05, 0.1) is 30.2 Å². The Labute approximate surface area is 199 Å². The second kappa shape index (κ2) is 10.5. The number of hydrogen-bond acceptors (Lipinski definition) is 9. The van der Waals surface area contributed by atoms with Crippen LogP contribution in [0.5, 0.6) is 0 Å². The number of carbonyl (C=O) groups is 3. The van der Waals surface area contributed by atoms with Gasteiger partial charge in [-0.1, -0.05) is 30.3 Å². The van der Waals surface area contributed by atoms with E-state index in [1.165, 1.54) is 17.0 Å². The molecule has 12 heteroatoms. The summed E-state index contributed by atoms with van der Waals surface area (Å²) in [4.78, 5) is 37.7. The molecule has 4 rings (SSSR count). The second-order valence-corrected chi connectivity index (χ2v) is 7.33. The lowest BCUT2D eigenvalue weighted by atomic mass is 10.0. The zero-order chi connectivity index (χ0) is 24.8. The minimum atomic E-state index is -0.818. The Kier molecular flexibility index (Phi) is 7.00. The van der Waals surface area contributed by atoms with Crippen molar-refractivity contribution in [2.75, 3.05) is 13.2 Å². The summed E-state index contributed by atoms with van der Waals surface area (Å²) >= 11 is 0. The lowest BCUT2D eigenvalue weighted by Crippen LogP contribution is -2.50. The maximum atomic E-state index is 13.2. The molecule has 0 unspecified atom stereocenters. The monoisotopic (exact) mass is 478 g/mol. The van der Waals surface area contributed by atoms with Gasteiger partial charge in [0.2, 0.25) is 0 Å². The number of esters is 2. The molecule has 1 aliphatic rings. The summed E-state index contributed by atoms with van der Waals surface area (Å²) in [5, 5.41) is 16.8. The van der Waals surface area contributed by atoms with Gasteiger partial charge in [-0.2, -0.15) is 4.68 Å². The number of rotatable bonds is 8. The maximum absolute atomic E-state index is 13.2. The third kappa shape index (κ3) is 5.27. The zero-order valence-electron chi connectivity index (χ0n) is 18.9. The van der Waals surface area contributed by atoms with E-state index in [0.717, 1.165) is 0 Å². The molecule has 0 saturated heterocycles. The van der Waals surface area contributed by atoms with Crippen molar-refractivity contribution >= 4 is 29.7 Å². The molecule has 12 nitrogen and oxygen atoms in total. The third-order valence-electron chi connectivity index (χ3n) is 4.97. The van der Waals surface area contributed by atoms with Crippen molar-refractivity contribution in [2.24, 2.45) is 0 Å². The van der Waals surface area contributed by atoms with Crippen LogP contribution in [0.2, 0.25) is 0 Å². The van der Waals surface area contributed by atoms with Crippen molar-refractivity contribution in [1.82, 2.24) is 30.8 Å². The highest BCUT2D eigenvalue weighted by atomic mass is 16.5. The Bertz CT molecular complexity index is 1280. The van der Waals surface area contributed by atoms with Crippen LogP contribution < -0.4 is 10.6 Å². The van der Waals surface area contributed by atoms with Crippen LogP contribution in [0, 0.1) is 0 Å². The summed E-state index contributed by atoms with van der Waals surface area (Å²) in [6, 6.07) is 11.2. The number of furan rings is 1. The van der Waals surface area contributed by atoms with E-state index in [0.29, 0.717) is 17.1 Å². The molecule has 0 fully saturated rings. The van der Waals surface area contributed by atoms with Crippen LogP contribution in [-0.2, 0) is 19.1 Å². The quantitative estimate of drug-likeness (QED) is 0.366. The molecular formula is C23H22N6O6. The molecule has 2 N–H and O–H groups in total. The fraction of sp³-hybridized carbons (Fsp3) is 0.217. The molecular weight excluding hydrogens is 456 g/mol. The first-order chi connectivity index (χ1) is 17.0. The molecule has 1 aromatic carbocycles. The van der Waals surface area contributed by atoms with E-state index in [4.69, 9.17) is 13.9 Å². The molecule has 0 bridgehead atoms. The van der Waals surface area contributed by atoms with Crippen LogP contribution in [0.3, 0.4) is 0 Å².